The summed E-state index contributed by atoms with van der Waals surface area (Å²) in [5, 5.41) is 8.60. The quantitative estimate of drug-likeness (QED) is 0.331. The van der Waals surface area contributed by atoms with Crippen molar-refractivity contribution in [2.75, 3.05) is 13.2 Å². The molecule has 2 aromatic rings. The van der Waals surface area contributed by atoms with E-state index in [0.29, 0.717) is 28.8 Å². The van der Waals surface area contributed by atoms with Gasteiger partial charge in [-0.15, -0.1) is 0 Å². The van der Waals surface area contributed by atoms with E-state index in [1.807, 2.05) is 30.3 Å². The Morgan fingerprint density at radius 1 is 1.23 bits per heavy atom. The Morgan fingerprint density at radius 2 is 1.97 bits per heavy atom. The molecule has 0 spiro atoms. The first-order chi connectivity index (χ1) is 14.3. The normalized spacial score (nSPS) is 15.1. The molecule has 0 aromatic heterocycles. The number of carboxylic acid groups (broad SMARTS) is 1. The molecule has 2 aromatic carbocycles. The number of carbonyl (C=O) groups is 3. The van der Waals surface area contributed by atoms with Gasteiger partial charge in [-0.25, -0.2) is 4.79 Å². The van der Waals surface area contributed by atoms with E-state index in [2.05, 4.69) is 38.5 Å². The first-order valence-electron chi connectivity index (χ1n) is 8.98. The third-order valence-corrected chi connectivity index (χ3v) is 6.35. The summed E-state index contributed by atoms with van der Waals surface area (Å²) in [5.74, 6) is -1.14. The Bertz CT molecular complexity index is 1010. The van der Waals surface area contributed by atoms with E-state index in [9.17, 15) is 14.4 Å². The van der Waals surface area contributed by atoms with Crippen LogP contribution in [0.2, 0.25) is 0 Å². The molecular formula is C21H17BrINO5S. The summed E-state index contributed by atoms with van der Waals surface area (Å²) in [6.45, 7) is -0.170. The minimum Gasteiger partial charge on any atom is -0.480 e. The lowest BCUT2D eigenvalue weighted by Gasteiger charge is -2.12. The van der Waals surface area contributed by atoms with Gasteiger partial charge in [0.1, 0.15) is 5.75 Å². The molecule has 1 saturated heterocycles. The Hall–Kier alpha value is -1.85. The average molecular weight is 602 g/mol. The molecule has 156 valence electrons. The fourth-order valence-corrected chi connectivity index (χ4v) is 5.41. The van der Waals surface area contributed by atoms with E-state index >= 15 is 0 Å². The maximum absolute atomic E-state index is 12.8. The van der Waals surface area contributed by atoms with E-state index in [1.54, 1.807) is 18.2 Å². The predicted molar refractivity (Wildman–Crippen MR) is 127 cm³/mol. The number of imide groups is 1. The first-order valence-corrected chi connectivity index (χ1v) is 11.7. The van der Waals surface area contributed by atoms with Crippen molar-refractivity contribution in [1.82, 2.24) is 4.90 Å². The molecule has 1 aliphatic rings. The van der Waals surface area contributed by atoms with Gasteiger partial charge in [0.25, 0.3) is 11.1 Å². The summed E-state index contributed by atoms with van der Waals surface area (Å²) in [6.07, 6.45) is 3.03. The van der Waals surface area contributed by atoms with Crippen molar-refractivity contribution >= 4 is 73.5 Å². The molecule has 1 heterocycles. The topological polar surface area (TPSA) is 83.9 Å². The van der Waals surface area contributed by atoms with Crippen molar-refractivity contribution in [2.24, 2.45) is 0 Å². The summed E-state index contributed by atoms with van der Waals surface area (Å²) in [5.41, 5.74) is 1.69. The molecule has 6 nitrogen and oxygen atoms in total. The van der Waals surface area contributed by atoms with Crippen molar-refractivity contribution in [3.05, 3.63) is 66.5 Å². The molecule has 0 unspecified atom stereocenters. The molecule has 0 radical (unpaired) electrons. The number of benzene rings is 2. The van der Waals surface area contributed by atoms with Crippen molar-refractivity contribution in [3.63, 3.8) is 0 Å². The molecule has 0 atom stereocenters. The van der Waals surface area contributed by atoms with E-state index in [1.165, 1.54) is 4.90 Å². The molecule has 0 saturated carbocycles. The van der Waals surface area contributed by atoms with Crippen LogP contribution in [0.3, 0.4) is 0 Å². The van der Waals surface area contributed by atoms with Gasteiger partial charge in [-0.2, -0.15) is 0 Å². The van der Waals surface area contributed by atoms with Gasteiger partial charge in [0.2, 0.25) is 0 Å². The molecule has 1 N–H and O–H groups in total. The Balaban J connectivity index is 1.75. The number of carboxylic acids is 1. The zero-order chi connectivity index (χ0) is 21.7. The molecular weight excluding hydrogens is 585 g/mol. The zero-order valence-electron chi connectivity index (χ0n) is 15.6. The first kappa shape index (κ1) is 22.8. The van der Waals surface area contributed by atoms with Gasteiger partial charge in [0.05, 0.1) is 9.38 Å². The van der Waals surface area contributed by atoms with Crippen LogP contribution in [0.4, 0.5) is 4.79 Å². The number of thioether (sulfide) groups is 1. The Kier molecular flexibility index (Phi) is 7.95. The van der Waals surface area contributed by atoms with E-state index in [0.717, 1.165) is 27.3 Å². The summed E-state index contributed by atoms with van der Waals surface area (Å²) in [4.78, 5) is 37.6. The fourth-order valence-electron chi connectivity index (χ4n) is 2.89. The van der Waals surface area contributed by atoms with Crippen LogP contribution < -0.4 is 4.74 Å². The van der Waals surface area contributed by atoms with Crippen molar-refractivity contribution < 1.29 is 24.2 Å². The number of carbonyl (C=O) groups excluding carboxylic acids is 2. The standard InChI is InChI=1S/C21H17BrINO5S/c22-16-11-15(23)9-14(19(16)29-12-18(25)26)10-17-20(27)24(21(28)30-17)8-4-7-13-5-2-1-3-6-13/h1-3,5-6,9-11H,4,7-8,12H2,(H,25,26)/b17-10+. The third kappa shape index (κ3) is 5.86. The van der Waals surface area contributed by atoms with Gasteiger partial charge in [0, 0.05) is 15.7 Å². The number of rotatable bonds is 8. The second-order valence-corrected chi connectivity index (χ2v) is 9.50. The van der Waals surface area contributed by atoms with Gasteiger partial charge in [-0.3, -0.25) is 14.5 Å². The highest BCUT2D eigenvalue weighted by atomic mass is 127. The van der Waals surface area contributed by atoms with Gasteiger partial charge in [0.15, 0.2) is 6.61 Å². The van der Waals surface area contributed by atoms with Crippen molar-refractivity contribution in [2.45, 2.75) is 12.8 Å². The van der Waals surface area contributed by atoms with Crippen LogP contribution in [-0.4, -0.2) is 40.3 Å². The summed E-state index contributed by atoms with van der Waals surface area (Å²) < 4.78 is 6.83. The highest BCUT2D eigenvalue weighted by Crippen LogP contribution is 2.37. The van der Waals surface area contributed by atoms with E-state index in [-0.39, 0.29) is 16.1 Å². The van der Waals surface area contributed by atoms with Crippen LogP contribution in [0.1, 0.15) is 17.5 Å². The number of ether oxygens (including phenoxy) is 1. The summed E-state index contributed by atoms with van der Waals surface area (Å²) in [6, 6.07) is 13.4. The molecule has 1 fully saturated rings. The maximum Gasteiger partial charge on any atom is 0.341 e. The van der Waals surface area contributed by atoms with Crippen LogP contribution in [0.15, 0.2) is 51.8 Å². The zero-order valence-corrected chi connectivity index (χ0v) is 20.2. The molecule has 30 heavy (non-hydrogen) atoms. The molecule has 2 amide bonds. The number of amides is 2. The highest BCUT2D eigenvalue weighted by molar-refractivity contribution is 14.1. The SMILES string of the molecule is O=C(O)COc1c(Br)cc(I)cc1/C=C1/SC(=O)N(CCCc2ccccc2)C1=O. The maximum atomic E-state index is 12.8. The lowest BCUT2D eigenvalue weighted by Crippen LogP contribution is -2.29. The molecule has 3 rings (SSSR count). The molecule has 1 aliphatic heterocycles. The highest BCUT2D eigenvalue weighted by Gasteiger charge is 2.34. The third-order valence-electron chi connectivity index (χ3n) is 4.23. The largest absolute Gasteiger partial charge is 0.480 e. The fraction of sp³-hybridized carbons (Fsp3) is 0.190. The second-order valence-electron chi connectivity index (χ2n) is 6.41. The molecule has 9 heteroatoms. The van der Waals surface area contributed by atoms with Gasteiger partial charge in [-0.05, 0) is 86.9 Å². The minimum absolute atomic E-state index is 0.286. The van der Waals surface area contributed by atoms with Gasteiger partial charge >= 0.3 is 5.97 Å². The Labute approximate surface area is 199 Å². The van der Waals surface area contributed by atoms with Gasteiger partial charge in [-0.1, -0.05) is 30.3 Å². The van der Waals surface area contributed by atoms with Crippen LogP contribution in [0.25, 0.3) is 6.08 Å². The second kappa shape index (κ2) is 10.5. The number of aryl methyl sites for hydroxylation is 1. The molecule has 0 aliphatic carbocycles. The number of nitrogens with zero attached hydrogens (tertiary/aromatic N) is 1. The van der Waals surface area contributed by atoms with Crippen LogP contribution in [-0.2, 0) is 16.0 Å². The van der Waals surface area contributed by atoms with Crippen LogP contribution in [0.5, 0.6) is 5.75 Å². The minimum atomic E-state index is -1.11. The number of hydrogen-bond acceptors (Lipinski definition) is 5. The number of halogens is 2. The van der Waals surface area contributed by atoms with E-state index < -0.39 is 12.6 Å². The monoisotopic (exact) mass is 601 g/mol. The lowest BCUT2D eigenvalue weighted by molar-refractivity contribution is -0.139. The van der Waals surface area contributed by atoms with Crippen LogP contribution >= 0.6 is 50.3 Å². The lowest BCUT2D eigenvalue weighted by atomic mass is 10.1. The molecule has 0 bridgehead atoms. The van der Waals surface area contributed by atoms with E-state index in [4.69, 9.17) is 9.84 Å². The van der Waals surface area contributed by atoms with Crippen molar-refractivity contribution in [1.29, 1.82) is 0 Å². The average Bonchev–Trinajstić information content (AvgIpc) is 2.95. The Morgan fingerprint density at radius 3 is 2.67 bits per heavy atom. The number of hydrogen-bond donors (Lipinski definition) is 1. The predicted octanol–water partition coefficient (Wildman–Crippen LogP) is 5.19. The number of aliphatic carboxylic acids is 1. The summed E-state index contributed by atoms with van der Waals surface area (Å²) >= 11 is 6.36. The smallest absolute Gasteiger partial charge is 0.341 e. The van der Waals surface area contributed by atoms with Gasteiger partial charge < -0.3 is 9.84 Å². The van der Waals surface area contributed by atoms with Crippen molar-refractivity contribution in [3.8, 4) is 5.75 Å². The van der Waals surface area contributed by atoms with Crippen LogP contribution in [0, 0.1) is 3.57 Å². The summed E-state index contributed by atoms with van der Waals surface area (Å²) in [7, 11) is 0.